The second-order valence-corrected chi connectivity index (χ2v) is 5.93. The lowest BCUT2D eigenvalue weighted by Gasteiger charge is -2.06. The minimum Gasteiger partial charge on any atom is -0.392 e. The molecule has 3 aromatic rings. The topological polar surface area (TPSA) is 33.1 Å². The summed E-state index contributed by atoms with van der Waals surface area (Å²) in [5.74, 6) is 0. The number of aromatic nitrogens is 1. The molecule has 20 heavy (non-hydrogen) atoms. The van der Waals surface area contributed by atoms with Crippen LogP contribution in [0.3, 0.4) is 0 Å². The number of hydrogen-bond donors (Lipinski definition) is 1. The van der Waals surface area contributed by atoms with Crippen molar-refractivity contribution in [3.8, 4) is 0 Å². The SMILES string of the molecule is OCc1ccc(Sc2ccnc3cc(Cl)ccc23)cc1. The number of nitrogens with zero attached hydrogens (tertiary/aromatic N) is 1. The highest BCUT2D eigenvalue weighted by molar-refractivity contribution is 7.99. The van der Waals surface area contributed by atoms with E-state index in [0.717, 1.165) is 26.3 Å². The van der Waals surface area contributed by atoms with Gasteiger partial charge in [-0.25, -0.2) is 0 Å². The molecule has 0 bridgehead atoms. The molecule has 0 aliphatic heterocycles. The van der Waals surface area contributed by atoms with Crippen LogP contribution in [0.25, 0.3) is 10.9 Å². The van der Waals surface area contributed by atoms with E-state index in [1.807, 2.05) is 48.5 Å². The molecule has 0 unspecified atom stereocenters. The zero-order valence-electron chi connectivity index (χ0n) is 10.6. The predicted octanol–water partition coefficient (Wildman–Crippen LogP) is 4.53. The summed E-state index contributed by atoms with van der Waals surface area (Å²) in [7, 11) is 0. The van der Waals surface area contributed by atoms with Crippen molar-refractivity contribution in [2.45, 2.75) is 16.4 Å². The fraction of sp³-hybridized carbons (Fsp3) is 0.0625. The minimum absolute atomic E-state index is 0.0711. The van der Waals surface area contributed by atoms with Gasteiger partial charge in [0, 0.05) is 26.4 Å². The second-order valence-electron chi connectivity index (χ2n) is 4.37. The van der Waals surface area contributed by atoms with Gasteiger partial charge in [-0.05, 0) is 35.9 Å². The monoisotopic (exact) mass is 301 g/mol. The quantitative estimate of drug-likeness (QED) is 0.771. The normalized spacial score (nSPS) is 10.9. The van der Waals surface area contributed by atoms with Gasteiger partial charge in [0.2, 0.25) is 0 Å². The van der Waals surface area contributed by atoms with Gasteiger partial charge in [0.15, 0.2) is 0 Å². The van der Waals surface area contributed by atoms with Gasteiger partial charge in [-0.2, -0.15) is 0 Å². The van der Waals surface area contributed by atoms with E-state index in [2.05, 4.69) is 4.98 Å². The summed E-state index contributed by atoms with van der Waals surface area (Å²) in [4.78, 5) is 6.61. The molecule has 100 valence electrons. The number of aliphatic hydroxyl groups is 1. The summed E-state index contributed by atoms with van der Waals surface area (Å²) < 4.78 is 0. The fourth-order valence-corrected chi connectivity index (χ4v) is 3.08. The zero-order chi connectivity index (χ0) is 13.9. The summed E-state index contributed by atoms with van der Waals surface area (Å²) in [6.07, 6.45) is 1.79. The Morgan fingerprint density at radius 2 is 1.85 bits per heavy atom. The Bertz CT molecular complexity index is 743. The molecule has 0 atom stereocenters. The highest BCUT2D eigenvalue weighted by Crippen LogP contribution is 2.33. The Morgan fingerprint density at radius 3 is 2.60 bits per heavy atom. The molecule has 3 rings (SSSR count). The number of rotatable bonds is 3. The maximum absolute atomic E-state index is 9.06. The third-order valence-corrected chi connectivity index (χ3v) is 4.32. The fourth-order valence-electron chi connectivity index (χ4n) is 1.97. The first kappa shape index (κ1) is 13.4. The lowest BCUT2D eigenvalue weighted by Crippen LogP contribution is -1.84. The van der Waals surface area contributed by atoms with E-state index in [1.165, 1.54) is 0 Å². The third kappa shape index (κ3) is 2.80. The highest BCUT2D eigenvalue weighted by Gasteiger charge is 2.04. The molecular formula is C16H12ClNOS. The Morgan fingerprint density at radius 1 is 1.05 bits per heavy atom. The van der Waals surface area contributed by atoms with Crippen molar-refractivity contribution in [1.29, 1.82) is 0 Å². The van der Waals surface area contributed by atoms with Crippen LogP contribution in [-0.2, 0) is 6.61 Å². The number of hydrogen-bond acceptors (Lipinski definition) is 3. The number of pyridine rings is 1. The first-order valence-electron chi connectivity index (χ1n) is 6.18. The molecular weight excluding hydrogens is 290 g/mol. The van der Waals surface area contributed by atoms with Crippen molar-refractivity contribution in [2.75, 3.05) is 0 Å². The molecule has 0 saturated heterocycles. The van der Waals surface area contributed by atoms with Gasteiger partial charge in [-0.15, -0.1) is 0 Å². The predicted molar refractivity (Wildman–Crippen MR) is 83.2 cm³/mol. The molecule has 1 aromatic heterocycles. The van der Waals surface area contributed by atoms with Crippen molar-refractivity contribution in [3.05, 3.63) is 65.3 Å². The second kappa shape index (κ2) is 5.83. The van der Waals surface area contributed by atoms with Crippen LogP contribution in [0, 0.1) is 0 Å². The molecule has 1 N–H and O–H groups in total. The molecule has 0 radical (unpaired) electrons. The molecule has 2 nitrogen and oxygen atoms in total. The Hall–Kier alpha value is -1.55. The molecule has 0 spiro atoms. The Kier molecular flexibility index (Phi) is 3.92. The van der Waals surface area contributed by atoms with E-state index < -0.39 is 0 Å². The first-order valence-corrected chi connectivity index (χ1v) is 7.37. The molecule has 4 heteroatoms. The average Bonchev–Trinajstić information content (AvgIpc) is 2.48. The molecule has 2 aromatic carbocycles. The van der Waals surface area contributed by atoms with Crippen LogP contribution in [0.4, 0.5) is 0 Å². The Labute approximate surface area is 126 Å². The summed E-state index contributed by atoms with van der Waals surface area (Å²) in [6, 6.07) is 15.6. The van der Waals surface area contributed by atoms with E-state index in [-0.39, 0.29) is 6.61 Å². The Balaban J connectivity index is 1.97. The van der Waals surface area contributed by atoms with Crippen LogP contribution in [-0.4, -0.2) is 10.1 Å². The van der Waals surface area contributed by atoms with Crippen LogP contribution in [0.5, 0.6) is 0 Å². The van der Waals surface area contributed by atoms with Gasteiger partial charge >= 0.3 is 0 Å². The number of benzene rings is 2. The molecule has 0 aliphatic carbocycles. The van der Waals surface area contributed by atoms with Crippen LogP contribution >= 0.6 is 23.4 Å². The summed E-state index contributed by atoms with van der Waals surface area (Å²) in [6.45, 7) is 0.0711. The minimum atomic E-state index is 0.0711. The average molecular weight is 302 g/mol. The van der Waals surface area contributed by atoms with Gasteiger partial charge in [-0.1, -0.05) is 41.6 Å². The van der Waals surface area contributed by atoms with Gasteiger partial charge in [0.1, 0.15) is 0 Å². The number of fused-ring (bicyclic) bond motifs is 1. The van der Waals surface area contributed by atoms with E-state index >= 15 is 0 Å². The zero-order valence-corrected chi connectivity index (χ0v) is 12.2. The number of aliphatic hydroxyl groups excluding tert-OH is 1. The van der Waals surface area contributed by atoms with Crippen LogP contribution in [0.15, 0.2) is 64.5 Å². The van der Waals surface area contributed by atoms with E-state index in [4.69, 9.17) is 16.7 Å². The lowest BCUT2D eigenvalue weighted by molar-refractivity contribution is 0.282. The van der Waals surface area contributed by atoms with Crippen LogP contribution < -0.4 is 0 Å². The van der Waals surface area contributed by atoms with Gasteiger partial charge < -0.3 is 5.11 Å². The summed E-state index contributed by atoms with van der Waals surface area (Å²) >= 11 is 7.67. The van der Waals surface area contributed by atoms with Crippen molar-refractivity contribution >= 4 is 34.3 Å². The third-order valence-electron chi connectivity index (χ3n) is 3.00. The van der Waals surface area contributed by atoms with Crippen LogP contribution in [0.1, 0.15) is 5.56 Å². The maximum Gasteiger partial charge on any atom is 0.0728 e. The molecule has 0 aliphatic rings. The maximum atomic E-state index is 9.06. The molecule has 1 heterocycles. The van der Waals surface area contributed by atoms with Gasteiger partial charge in [0.05, 0.1) is 12.1 Å². The molecule has 0 saturated carbocycles. The highest BCUT2D eigenvalue weighted by atomic mass is 35.5. The molecule has 0 amide bonds. The van der Waals surface area contributed by atoms with E-state index in [1.54, 1.807) is 18.0 Å². The first-order chi connectivity index (χ1) is 9.76. The van der Waals surface area contributed by atoms with Crippen molar-refractivity contribution in [3.63, 3.8) is 0 Å². The smallest absolute Gasteiger partial charge is 0.0728 e. The van der Waals surface area contributed by atoms with E-state index in [9.17, 15) is 0 Å². The summed E-state index contributed by atoms with van der Waals surface area (Å²) in [5, 5.41) is 10.8. The van der Waals surface area contributed by atoms with Gasteiger partial charge in [0.25, 0.3) is 0 Å². The van der Waals surface area contributed by atoms with Crippen molar-refractivity contribution in [1.82, 2.24) is 4.98 Å². The van der Waals surface area contributed by atoms with Gasteiger partial charge in [-0.3, -0.25) is 4.98 Å². The summed E-state index contributed by atoms with van der Waals surface area (Å²) in [5.41, 5.74) is 1.81. The molecule has 0 fully saturated rings. The van der Waals surface area contributed by atoms with Crippen molar-refractivity contribution in [2.24, 2.45) is 0 Å². The largest absolute Gasteiger partial charge is 0.392 e. The van der Waals surface area contributed by atoms with E-state index in [0.29, 0.717) is 5.02 Å². The van der Waals surface area contributed by atoms with Crippen LogP contribution in [0.2, 0.25) is 5.02 Å². The number of halogens is 1. The lowest BCUT2D eigenvalue weighted by atomic mass is 10.2. The van der Waals surface area contributed by atoms with Crippen molar-refractivity contribution < 1.29 is 5.11 Å². The standard InChI is InChI=1S/C16H12ClNOS/c17-12-3-6-14-15(9-12)18-8-7-16(14)20-13-4-1-11(10-19)2-5-13/h1-9,19H,10H2.